The Morgan fingerprint density at radius 3 is 2.67 bits per heavy atom. The number of aromatic nitrogens is 5. The van der Waals surface area contributed by atoms with Crippen LogP contribution >= 0.6 is 0 Å². The number of nitrogens with zero attached hydrogens (tertiary/aromatic N) is 5. The van der Waals surface area contributed by atoms with Crippen molar-refractivity contribution in [3.63, 3.8) is 0 Å². The highest BCUT2D eigenvalue weighted by Gasteiger charge is 2.30. The zero-order valence-corrected chi connectivity index (χ0v) is 15.8. The Labute approximate surface area is 168 Å². The van der Waals surface area contributed by atoms with Crippen molar-refractivity contribution in [2.75, 3.05) is 18.0 Å². The van der Waals surface area contributed by atoms with Crippen LogP contribution in [-0.2, 0) is 6.54 Å². The summed E-state index contributed by atoms with van der Waals surface area (Å²) in [5, 5.41) is 7.04. The first-order chi connectivity index (χ1) is 14.4. The highest BCUT2D eigenvalue weighted by atomic mass is 19.4. The highest BCUT2D eigenvalue weighted by Crippen LogP contribution is 2.32. The van der Waals surface area contributed by atoms with Crippen molar-refractivity contribution in [2.45, 2.75) is 25.6 Å². The van der Waals surface area contributed by atoms with E-state index >= 15 is 0 Å². The molecule has 4 aromatic heterocycles. The molecule has 30 heavy (non-hydrogen) atoms. The Balaban J connectivity index is 1.76. The van der Waals surface area contributed by atoms with E-state index in [1.165, 1.54) is 18.5 Å². The molecule has 1 N–H and O–H groups in total. The lowest BCUT2D eigenvalue weighted by Gasteiger charge is -2.20. The number of halogens is 3. The predicted molar refractivity (Wildman–Crippen MR) is 106 cm³/mol. The van der Waals surface area contributed by atoms with Gasteiger partial charge in [0.2, 0.25) is 0 Å². The Bertz CT molecular complexity index is 1300. The van der Waals surface area contributed by atoms with E-state index in [9.17, 15) is 18.0 Å². The summed E-state index contributed by atoms with van der Waals surface area (Å²) in [4.78, 5) is 23.9. The van der Waals surface area contributed by atoms with E-state index in [1.54, 1.807) is 12.3 Å². The normalized spacial score (nSPS) is 14.8. The van der Waals surface area contributed by atoms with Crippen LogP contribution in [0.3, 0.4) is 0 Å². The minimum atomic E-state index is -4.55. The maximum absolute atomic E-state index is 13.3. The molecule has 7 nitrogen and oxygen atoms in total. The smallest absolute Gasteiger partial charge is 0.356 e. The van der Waals surface area contributed by atoms with Gasteiger partial charge in [-0.15, -0.1) is 0 Å². The zero-order chi connectivity index (χ0) is 20.9. The standard InChI is InChI=1S/C20H17F3N6O/c21-20(22,23)11-29-16-8-15(12-4-3-5-24-18(12)28-6-1-2-7-28)25-9-13(16)17-14(19(29)30)10-26-27-17/h3-5,8-10H,1-2,6-7,11H2,(H,26,27). The van der Waals surface area contributed by atoms with Gasteiger partial charge in [0.15, 0.2) is 0 Å². The number of H-pyrrole nitrogens is 1. The summed E-state index contributed by atoms with van der Waals surface area (Å²) in [6.45, 7) is 0.342. The average molecular weight is 414 g/mol. The van der Waals surface area contributed by atoms with Crippen LogP contribution in [0.2, 0.25) is 0 Å². The van der Waals surface area contributed by atoms with Crippen LogP contribution in [0.5, 0.6) is 0 Å². The SMILES string of the molecule is O=c1c2cn[nH]c2c2cnc(-c3cccnc3N3CCCC3)cc2n1CC(F)(F)F. The van der Waals surface area contributed by atoms with Gasteiger partial charge in [-0.3, -0.25) is 19.4 Å². The van der Waals surface area contributed by atoms with E-state index in [2.05, 4.69) is 25.1 Å². The van der Waals surface area contributed by atoms with Gasteiger partial charge in [0.1, 0.15) is 12.4 Å². The molecule has 5 heterocycles. The maximum atomic E-state index is 13.3. The summed E-state index contributed by atoms with van der Waals surface area (Å²) in [5.41, 5.74) is 0.962. The van der Waals surface area contributed by atoms with Crippen molar-refractivity contribution in [2.24, 2.45) is 0 Å². The first kappa shape index (κ1) is 18.6. The molecule has 0 aliphatic carbocycles. The number of hydrogen-bond donors (Lipinski definition) is 1. The van der Waals surface area contributed by atoms with Gasteiger partial charge < -0.3 is 4.90 Å². The second kappa shape index (κ2) is 6.82. The summed E-state index contributed by atoms with van der Waals surface area (Å²) in [5.74, 6) is 0.745. The van der Waals surface area contributed by atoms with Crippen molar-refractivity contribution in [3.05, 3.63) is 47.1 Å². The topological polar surface area (TPSA) is 79.7 Å². The molecule has 1 saturated heterocycles. The van der Waals surface area contributed by atoms with Crippen molar-refractivity contribution >= 4 is 27.6 Å². The summed E-state index contributed by atoms with van der Waals surface area (Å²) in [7, 11) is 0. The molecule has 0 saturated carbocycles. The zero-order valence-electron chi connectivity index (χ0n) is 15.8. The van der Waals surface area contributed by atoms with E-state index in [-0.39, 0.29) is 10.9 Å². The van der Waals surface area contributed by atoms with Crippen molar-refractivity contribution in [3.8, 4) is 11.3 Å². The number of alkyl halides is 3. The first-order valence-electron chi connectivity index (χ1n) is 9.55. The minimum absolute atomic E-state index is 0.0976. The van der Waals surface area contributed by atoms with Crippen molar-refractivity contribution in [1.82, 2.24) is 24.7 Å². The Morgan fingerprint density at radius 1 is 1.10 bits per heavy atom. The largest absolute Gasteiger partial charge is 0.406 e. The van der Waals surface area contributed by atoms with Crippen LogP contribution in [0.15, 0.2) is 41.6 Å². The van der Waals surface area contributed by atoms with E-state index in [0.29, 0.717) is 16.6 Å². The monoisotopic (exact) mass is 414 g/mol. The Kier molecular flexibility index (Phi) is 4.23. The molecule has 0 amide bonds. The van der Waals surface area contributed by atoms with Crippen LogP contribution in [0, 0.1) is 0 Å². The van der Waals surface area contributed by atoms with Gasteiger partial charge in [0.25, 0.3) is 5.56 Å². The summed E-state index contributed by atoms with van der Waals surface area (Å²) >= 11 is 0. The van der Waals surface area contributed by atoms with Crippen LogP contribution in [0.1, 0.15) is 12.8 Å². The third-order valence-electron chi connectivity index (χ3n) is 5.36. The van der Waals surface area contributed by atoms with Gasteiger partial charge >= 0.3 is 6.18 Å². The number of aromatic amines is 1. The predicted octanol–water partition coefficient (Wildman–Crippen LogP) is 3.50. The van der Waals surface area contributed by atoms with Gasteiger partial charge in [-0.1, -0.05) is 0 Å². The molecule has 1 aliphatic rings. The minimum Gasteiger partial charge on any atom is -0.356 e. The van der Waals surface area contributed by atoms with Gasteiger partial charge in [-0.05, 0) is 31.0 Å². The lowest BCUT2D eigenvalue weighted by Crippen LogP contribution is -2.28. The van der Waals surface area contributed by atoms with Crippen LogP contribution in [0.4, 0.5) is 19.0 Å². The van der Waals surface area contributed by atoms with Crippen molar-refractivity contribution in [1.29, 1.82) is 0 Å². The van der Waals surface area contributed by atoms with Gasteiger partial charge in [0.05, 0.1) is 28.3 Å². The lowest BCUT2D eigenvalue weighted by atomic mass is 10.1. The molecule has 4 aromatic rings. The van der Waals surface area contributed by atoms with E-state index in [4.69, 9.17) is 0 Å². The number of anilines is 1. The average Bonchev–Trinajstić information content (AvgIpc) is 3.42. The van der Waals surface area contributed by atoms with E-state index in [1.807, 2.05) is 6.07 Å². The summed E-state index contributed by atoms with van der Waals surface area (Å²) in [6, 6.07) is 5.14. The molecule has 0 atom stereocenters. The number of rotatable bonds is 3. The second-order valence-electron chi connectivity index (χ2n) is 7.32. The molecule has 0 bridgehead atoms. The Morgan fingerprint density at radius 2 is 1.90 bits per heavy atom. The molecule has 10 heteroatoms. The molecule has 0 unspecified atom stereocenters. The molecule has 5 rings (SSSR count). The molecule has 1 aliphatic heterocycles. The Hall–Kier alpha value is -3.43. The molecule has 0 aromatic carbocycles. The van der Waals surface area contributed by atoms with Crippen LogP contribution in [0.25, 0.3) is 33.1 Å². The van der Waals surface area contributed by atoms with E-state index < -0.39 is 18.3 Å². The van der Waals surface area contributed by atoms with E-state index in [0.717, 1.165) is 41.9 Å². The second-order valence-corrected chi connectivity index (χ2v) is 7.32. The molecular formula is C20H17F3N6O. The fraction of sp³-hybridized carbons (Fsp3) is 0.300. The lowest BCUT2D eigenvalue weighted by molar-refractivity contribution is -0.140. The van der Waals surface area contributed by atoms with Gasteiger partial charge in [-0.25, -0.2) is 4.98 Å². The molecule has 0 radical (unpaired) electrons. The summed E-state index contributed by atoms with van der Waals surface area (Å²) < 4.78 is 40.5. The van der Waals surface area contributed by atoms with Crippen LogP contribution < -0.4 is 10.5 Å². The molecular weight excluding hydrogens is 397 g/mol. The number of pyridine rings is 3. The fourth-order valence-electron chi connectivity index (χ4n) is 4.03. The number of nitrogens with one attached hydrogen (secondary N) is 1. The highest BCUT2D eigenvalue weighted by molar-refractivity contribution is 6.03. The number of hydrogen-bond acceptors (Lipinski definition) is 5. The first-order valence-corrected chi connectivity index (χ1v) is 9.55. The van der Waals surface area contributed by atoms with Crippen molar-refractivity contribution < 1.29 is 13.2 Å². The maximum Gasteiger partial charge on any atom is 0.406 e. The molecule has 0 spiro atoms. The molecule has 154 valence electrons. The van der Waals surface area contributed by atoms with Crippen LogP contribution in [-0.4, -0.2) is 44.0 Å². The van der Waals surface area contributed by atoms with Gasteiger partial charge in [-0.2, -0.15) is 18.3 Å². The van der Waals surface area contributed by atoms with Gasteiger partial charge in [0, 0.05) is 36.4 Å². The summed E-state index contributed by atoms with van der Waals surface area (Å²) in [6.07, 6.45) is 1.98. The quantitative estimate of drug-likeness (QED) is 0.555. The third-order valence-corrected chi connectivity index (χ3v) is 5.36. The number of fused-ring (bicyclic) bond motifs is 3. The fourth-order valence-corrected chi connectivity index (χ4v) is 4.03. The third kappa shape index (κ3) is 3.08. The molecule has 1 fully saturated rings.